The van der Waals surface area contributed by atoms with Gasteiger partial charge >= 0.3 is 5.97 Å². The number of benzene rings is 1. The van der Waals surface area contributed by atoms with Crippen LogP contribution in [0.4, 0.5) is 8.78 Å². The van der Waals surface area contributed by atoms with E-state index in [1.165, 1.54) is 16.9 Å². The second-order valence-electron chi connectivity index (χ2n) is 8.08. The molecule has 0 saturated heterocycles. The minimum atomic E-state index is -2.89. The number of alkyl halides is 2. The fraction of sp³-hybridized carbons (Fsp3) is 0.261. The van der Waals surface area contributed by atoms with Crippen molar-refractivity contribution in [1.82, 2.24) is 14.9 Å². The number of amides is 1. The molecular formula is C23H19F2N3O5. The van der Waals surface area contributed by atoms with Crippen LogP contribution in [0, 0.1) is 13.8 Å². The minimum Gasteiger partial charge on any atom is -0.478 e. The van der Waals surface area contributed by atoms with Crippen LogP contribution < -0.4 is 10.1 Å². The van der Waals surface area contributed by atoms with E-state index in [-0.39, 0.29) is 24.0 Å². The number of carboxylic acids is 1. The molecule has 0 bridgehead atoms. The number of carbonyl (C=O) groups is 2. The van der Waals surface area contributed by atoms with Crippen LogP contribution in [-0.2, 0) is 0 Å². The van der Waals surface area contributed by atoms with Gasteiger partial charge in [-0.1, -0.05) is 0 Å². The number of ether oxygens (including phenoxy) is 1. The van der Waals surface area contributed by atoms with E-state index < -0.39 is 23.8 Å². The van der Waals surface area contributed by atoms with Gasteiger partial charge in [0.2, 0.25) is 0 Å². The number of aromatic nitrogens is 2. The van der Waals surface area contributed by atoms with Crippen LogP contribution in [-0.4, -0.2) is 38.6 Å². The van der Waals surface area contributed by atoms with E-state index in [1.54, 1.807) is 38.1 Å². The highest BCUT2D eigenvalue weighted by Crippen LogP contribution is 2.38. The molecule has 1 aliphatic rings. The predicted octanol–water partition coefficient (Wildman–Crippen LogP) is 4.72. The van der Waals surface area contributed by atoms with E-state index in [2.05, 4.69) is 10.4 Å². The highest BCUT2D eigenvalue weighted by molar-refractivity contribution is 6.07. The van der Waals surface area contributed by atoms with Gasteiger partial charge in [-0.05, 0) is 38.0 Å². The summed E-state index contributed by atoms with van der Waals surface area (Å²) in [6.07, 6.45) is 2.90. The van der Waals surface area contributed by atoms with Gasteiger partial charge in [0.15, 0.2) is 5.75 Å². The lowest BCUT2D eigenvalue weighted by molar-refractivity contribution is -0.102. The van der Waals surface area contributed by atoms with E-state index >= 15 is 0 Å². The molecule has 2 N–H and O–H groups in total. The first-order chi connectivity index (χ1) is 15.7. The normalized spacial score (nSPS) is 17.2. The topological polar surface area (TPSA) is 106 Å². The number of carbonyl (C=O) groups excluding carboxylic acids is 1. The first kappa shape index (κ1) is 20.9. The Hall–Kier alpha value is -3.95. The first-order valence-corrected chi connectivity index (χ1v) is 10.3. The number of nitrogens with one attached hydrogen (secondary N) is 1. The van der Waals surface area contributed by atoms with Gasteiger partial charge in [-0.25, -0.2) is 18.1 Å². The van der Waals surface area contributed by atoms with Crippen LogP contribution in [0.3, 0.4) is 0 Å². The maximum atomic E-state index is 13.6. The molecule has 1 aliphatic carbocycles. The molecule has 1 saturated carbocycles. The molecule has 1 fully saturated rings. The zero-order valence-electron chi connectivity index (χ0n) is 17.7. The van der Waals surface area contributed by atoms with E-state index in [0.29, 0.717) is 39.3 Å². The molecule has 1 aromatic carbocycles. The molecular weight excluding hydrogens is 436 g/mol. The van der Waals surface area contributed by atoms with Gasteiger partial charge in [-0.2, -0.15) is 5.10 Å². The lowest BCUT2D eigenvalue weighted by Gasteiger charge is -2.36. The molecule has 8 nitrogen and oxygen atoms in total. The Morgan fingerprint density at radius 2 is 2.09 bits per heavy atom. The van der Waals surface area contributed by atoms with E-state index in [4.69, 9.17) is 9.15 Å². The fourth-order valence-corrected chi connectivity index (χ4v) is 4.11. The molecule has 3 heterocycles. The average Bonchev–Trinajstić information content (AvgIpc) is 3.27. The van der Waals surface area contributed by atoms with Gasteiger partial charge in [0.1, 0.15) is 22.6 Å². The van der Waals surface area contributed by atoms with Gasteiger partial charge in [-0.15, -0.1) is 0 Å². The number of rotatable bonds is 5. The first-order valence-electron chi connectivity index (χ1n) is 10.3. The molecule has 170 valence electrons. The van der Waals surface area contributed by atoms with Gasteiger partial charge in [0.25, 0.3) is 11.8 Å². The van der Waals surface area contributed by atoms with Crippen molar-refractivity contribution in [3.05, 3.63) is 59.1 Å². The molecule has 0 aliphatic heterocycles. The van der Waals surface area contributed by atoms with Crippen LogP contribution in [0.1, 0.15) is 44.9 Å². The summed E-state index contributed by atoms with van der Waals surface area (Å²) in [5.41, 5.74) is 1.70. The summed E-state index contributed by atoms with van der Waals surface area (Å²) in [4.78, 5) is 24.1. The maximum absolute atomic E-state index is 13.6. The van der Waals surface area contributed by atoms with E-state index in [9.17, 15) is 23.5 Å². The highest BCUT2D eigenvalue weighted by Gasteiger charge is 2.49. The number of carboxylic acid groups (broad SMARTS) is 1. The highest BCUT2D eigenvalue weighted by atomic mass is 19.3. The van der Waals surface area contributed by atoms with Crippen molar-refractivity contribution in [3.8, 4) is 11.5 Å². The van der Waals surface area contributed by atoms with Crippen LogP contribution in [0.2, 0.25) is 0 Å². The summed E-state index contributed by atoms with van der Waals surface area (Å²) in [5, 5.41) is 16.4. The summed E-state index contributed by atoms with van der Waals surface area (Å²) in [6, 6.07) is 5.28. The maximum Gasteiger partial charge on any atom is 0.337 e. The third-order valence-corrected chi connectivity index (χ3v) is 5.99. The van der Waals surface area contributed by atoms with Crippen molar-refractivity contribution in [3.63, 3.8) is 0 Å². The molecule has 5 rings (SSSR count). The summed E-state index contributed by atoms with van der Waals surface area (Å²) < 4.78 is 40.3. The quantitative estimate of drug-likeness (QED) is 0.451. The van der Waals surface area contributed by atoms with Gasteiger partial charge in [-0.3, -0.25) is 4.79 Å². The number of hydrogen-bond donors (Lipinski definition) is 2. The molecule has 1 unspecified atom stereocenters. The third-order valence-electron chi connectivity index (χ3n) is 5.99. The Balaban J connectivity index is 1.47. The van der Waals surface area contributed by atoms with Crippen LogP contribution >= 0.6 is 0 Å². The standard InChI is InChI=1S/C23H19F2N3O5/c1-11-15(22(30)31)10-28-20(11)16(6-8-26-28)33-13-3-4-14-17(9-13)32-12(2)19(14)21(29)27-18-5-7-23(18,24)25/h3-4,6,8-10,18H,5,7H2,1-2H3,(H,27,29)(H,30,31). The van der Waals surface area contributed by atoms with Crippen LogP contribution in [0.15, 0.2) is 41.1 Å². The number of fused-ring (bicyclic) bond motifs is 2. The number of aromatic carboxylic acids is 1. The molecule has 1 atom stereocenters. The van der Waals surface area contributed by atoms with Crippen molar-refractivity contribution < 1.29 is 32.6 Å². The Labute approximate surface area is 185 Å². The zero-order valence-corrected chi connectivity index (χ0v) is 17.7. The van der Waals surface area contributed by atoms with Crippen molar-refractivity contribution in [2.24, 2.45) is 0 Å². The second kappa shape index (κ2) is 7.29. The van der Waals surface area contributed by atoms with Gasteiger partial charge in [0, 0.05) is 30.1 Å². The third kappa shape index (κ3) is 3.38. The lowest BCUT2D eigenvalue weighted by Crippen LogP contribution is -2.55. The molecule has 1 amide bonds. The van der Waals surface area contributed by atoms with Crippen LogP contribution in [0.5, 0.6) is 11.5 Å². The summed E-state index contributed by atoms with van der Waals surface area (Å²) in [5.74, 6) is -3.48. The van der Waals surface area contributed by atoms with E-state index in [1.807, 2.05) is 0 Å². The second-order valence-corrected chi connectivity index (χ2v) is 8.08. The Morgan fingerprint density at radius 1 is 1.30 bits per heavy atom. The predicted molar refractivity (Wildman–Crippen MR) is 113 cm³/mol. The Bertz CT molecular complexity index is 1440. The number of hydrogen-bond acceptors (Lipinski definition) is 5. The van der Waals surface area contributed by atoms with E-state index in [0.717, 1.165) is 0 Å². The molecule has 0 radical (unpaired) electrons. The van der Waals surface area contributed by atoms with Crippen molar-refractivity contribution in [2.45, 2.75) is 38.7 Å². The zero-order chi connectivity index (χ0) is 23.5. The number of aryl methyl sites for hydroxylation is 2. The average molecular weight is 455 g/mol. The monoisotopic (exact) mass is 455 g/mol. The molecule has 3 aromatic heterocycles. The van der Waals surface area contributed by atoms with Gasteiger partial charge in [0.05, 0.1) is 23.4 Å². The smallest absolute Gasteiger partial charge is 0.337 e. The Morgan fingerprint density at radius 3 is 2.76 bits per heavy atom. The molecule has 0 spiro atoms. The van der Waals surface area contributed by atoms with Crippen LogP contribution in [0.25, 0.3) is 16.5 Å². The minimum absolute atomic E-state index is 0.114. The summed E-state index contributed by atoms with van der Waals surface area (Å²) in [6.45, 7) is 3.26. The SMILES string of the molecule is Cc1oc2cc(Oc3ccnn4cc(C(=O)O)c(C)c34)ccc2c1C(=O)NC1CCC1(F)F. The van der Waals surface area contributed by atoms with Crippen molar-refractivity contribution in [1.29, 1.82) is 0 Å². The largest absolute Gasteiger partial charge is 0.478 e. The summed E-state index contributed by atoms with van der Waals surface area (Å²) >= 11 is 0. The molecule has 10 heteroatoms. The number of nitrogens with zero attached hydrogens (tertiary/aromatic N) is 2. The number of halogens is 2. The van der Waals surface area contributed by atoms with Crippen molar-refractivity contribution >= 4 is 28.4 Å². The molecule has 4 aromatic rings. The summed E-state index contributed by atoms with van der Waals surface area (Å²) in [7, 11) is 0. The van der Waals surface area contributed by atoms with Gasteiger partial charge < -0.3 is 19.6 Å². The van der Waals surface area contributed by atoms with Crippen molar-refractivity contribution in [2.75, 3.05) is 0 Å². The Kier molecular flexibility index (Phi) is 4.62. The lowest BCUT2D eigenvalue weighted by atomic mass is 9.87. The number of furan rings is 1. The fourth-order valence-electron chi connectivity index (χ4n) is 4.11. The molecule has 33 heavy (non-hydrogen) atoms.